The van der Waals surface area contributed by atoms with Crippen molar-refractivity contribution in [2.24, 2.45) is 0 Å². The highest BCUT2D eigenvalue weighted by molar-refractivity contribution is 8.00. The number of rotatable bonds is 4. The van der Waals surface area contributed by atoms with E-state index in [-0.39, 0.29) is 0 Å². The summed E-state index contributed by atoms with van der Waals surface area (Å²) in [6.07, 6.45) is 0. The molecule has 2 nitrogen and oxygen atoms in total. The van der Waals surface area contributed by atoms with Crippen LogP contribution in [0.1, 0.15) is 5.69 Å². The van der Waals surface area contributed by atoms with Crippen molar-refractivity contribution in [2.75, 3.05) is 12.4 Å². The van der Waals surface area contributed by atoms with Crippen molar-refractivity contribution in [2.45, 2.75) is 9.96 Å². The third kappa shape index (κ3) is 2.97. The summed E-state index contributed by atoms with van der Waals surface area (Å²) in [5.41, 5.74) is 1.11. The van der Waals surface area contributed by atoms with Gasteiger partial charge in [0, 0.05) is 12.8 Å². The molecule has 0 aliphatic heterocycles. The number of hydrogen-bond donors (Lipinski definition) is 1. The summed E-state index contributed by atoms with van der Waals surface area (Å²) in [4.78, 5) is 4.46. The maximum absolute atomic E-state index is 4.46. The van der Waals surface area contributed by atoms with Gasteiger partial charge in [-0.25, -0.2) is 4.98 Å². The molecule has 0 radical (unpaired) electrons. The Morgan fingerprint density at radius 2 is 2.27 bits per heavy atom. The van der Waals surface area contributed by atoms with Crippen molar-refractivity contribution in [3.05, 3.63) is 41.4 Å². The van der Waals surface area contributed by atoms with Crippen molar-refractivity contribution < 1.29 is 0 Å². The first-order chi connectivity index (χ1) is 7.38. The van der Waals surface area contributed by atoms with Crippen LogP contribution in [0.3, 0.4) is 0 Å². The molecule has 1 N–H and O–H groups in total. The second-order valence-corrected chi connectivity index (χ2v) is 5.21. The Hall–Kier alpha value is -1.00. The number of anilines is 1. The zero-order valence-corrected chi connectivity index (χ0v) is 10.1. The van der Waals surface area contributed by atoms with E-state index in [9.17, 15) is 0 Å². The predicted molar refractivity (Wildman–Crippen MR) is 67.7 cm³/mol. The fourth-order valence-electron chi connectivity index (χ4n) is 1.19. The first-order valence-electron chi connectivity index (χ1n) is 4.68. The van der Waals surface area contributed by atoms with Crippen LogP contribution in [0.5, 0.6) is 0 Å². The van der Waals surface area contributed by atoms with E-state index in [2.05, 4.69) is 33.9 Å². The normalized spacial score (nSPS) is 10.2. The standard InChI is InChI=1S/C11H12N2S2/c1-12-10-5-2-4-9(13-10)8-15-11-6-3-7-14-11/h2-7H,8H2,1H3,(H,12,13). The SMILES string of the molecule is CNc1cccc(CSc2cccs2)n1. The van der Waals surface area contributed by atoms with Gasteiger partial charge < -0.3 is 5.32 Å². The fourth-order valence-corrected chi connectivity index (χ4v) is 2.88. The second-order valence-electron chi connectivity index (χ2n) is 2.98. The average Bonchev–Trinajstić information content (AvgIpc) is 2.79. The van der Waals surface area contributed by atoms with E-state index in [0.29, 0.717) is 0 Å². The summed E-state index contributed by atoms with van der Waals surface area (Å²) in [5.74, 6) is 1.86. The molecule has 0 spiro atoms. The largest absolute Gasteiger partial charge is 0.373 e. The number of thiophene rings is 1. The van der Waals surface area contributed by atoms with Gasteiger partial charge in [0.25, 0.3) is 0 Å². The third-order valence-electron chi connectivity index (χ3n) is 1.92. The molecule has 0 bridgehead atoms. The summed E-state index contributed by atoms with van der Waals surface area (Å²) in [7, 11) is 1.89. The summed E-state index contributed by atoms with van der Waals surface area (Å²) >= 11 is 3.60. The fraction of sp³-hybridized carbons (Fsp3) is 0.182. The van der Waals surface area contributed by atoms with Gasteiger partial charge in [-0.3, -0.25) is 0 Å². The van der Waals surface area contributed by atoms with Crippen LogP contribution in [0, 0.1) is 0 Å². The van der Waals surface area contributed by atoms with Crippen LogP contribution in [0.2, 0.25) is 0 Å². The highest BCUT2D eigenvalue weighted by Gasteiger charge is 1.99. The van der Waals surface area contributed by atoms with E-state index < -0.39 is 0 Å². The zero-order valence-electron chi connectivity index (χ0n) is 8.43. The minimum absolute atomic E-state index is 0.927. The first-order valence-corrected chi connectivity index (χ1v) is 6.55. The number of nitrogens with zero attached hydrogens (tertiary/aromatic N) is 1. The number of nitrogens with one attached hydrogen (secondary N) is 1. The van der Waals surface area contributed by atoms with Gasteiger partial charge in [-0.15, -0.1) is 23.1 Å². The molecule has 4 heteroatoms. The number of thioether (sulfide) groups is 1. The van der Waals surface area contributed by atoms with Crippen LogP contribution in [0.15, 0.2) is 39.9 Å². The summed E-state index contributed by atoms with van der Waals surface area (Å²) in [6, 6.07) is 10.3. The lowest BCUT2D eigenvalue weighted by Crippen LogP contribution is -1.94. The van der Waals surface area contributed by atoms with E-state index in [1.165, 1.54) is 4.21 Å². The summed E-state index contributed by atoms with van der Waals surface area (Å²) < 4.78 is 1.34. The van der Waals surface area contributed by atoms with E-state index in [1.54, 1.807) is 11.3 Å². The van der Waals surface area contributed by atoms with Crippen LogP contribution in [-0.2, 0) is 5.75 Å². The minimum atomic E-state index is 0.927. The molecule has 0 fully saturated rings. The lowest BCUT2D eigenvalue weighted by Gasteiger charge is -2.02. The first kappa shape index (κ1) is 10.5. The highest BCUT2D eigenvalue weighted by Crippen LogP contribution is 2.26. The monoisotopic (exact) mass is 236 g/mol. The Morgan fingerprint density at radius 1 is 1.33 bits per heavy atom. The van der Waals surface area contributed by atoms with Crippen molar-refractivity contribution in [3.63, 3.8) is 0 Å². The smallest absolute Gasteiger partial charge is 0.125 e. The topological polar surface area (TPSA) is 24.9 Å². The van der Waals surface area contributed by atoms with Crippen molar-refractivity contribution in [1.29, 1.82) is 0 Å². The molecule has 78 valence electrons. The molecule has 0 saturated heterocycles. The van der Waals surface area contributed by atoms with Crippen LogP contribution >= 0.6 is 23.1 Å². The molecule has 0 aromatic carbocycles. The minimum Gasteiger partial charge on any atom is -0.373 e. The molecule has 0 saturated carbocycles. The quantitative estimate of drug-likeness (QED) is 0.823. The zero-order chi connectivity index (χ0) is 10.5. The molecule has 0 unspecified atom stereocenters. The summed E-state index contributed by atoms with van der Waals surface area (Å²) in [5, 5.41) is 5.14. The van der Waals surface area contributed by atoms with Crippen molar-refractivity contribution >= 4 is 28.9 Å². The van der Waals surface area contributed by atoms with E-state index in [1.807, 2.05) is 30.9 Å². The molecule has 2 rings (SSSR count). The number of pyridine rings is 1. The van der Waals surface area contributed by atoms with Crippen LogP contribution in [0.25, 0.3) is 0 Å². The van der Waals surface area contributed by atoms with Crippen LogP contribution < -0.4 is 5.32 Å². The Kier molecular flexibility index (Phi) is 3.64. The maximum atomic E-state index is 4.46. The van der Waals surface area contributed by atoms with Gasteiger partial charge in [-0.1, -0.05) is 12.1 Å². The molecule has 0 aliphatic carbocycles. The molecule has 0 atom stereocenters. The van der Waals surface area contributed by atoms with Gasteiger partial charge >= 0.3 is 0 Å². The van der Waals surface area contributed by atoms with Gasteiger partial charge in [-0.2, -0.15) is 0 Å². The Balaban J connectivity index is 1.98. The van der Waals surface area contributed by atoms with E-state index >= 15 is 0 Å². The lowest BCUT2D eigenvalue weighted by molar-refractivity contribution is 1.17. The van der Waals surface area contributed by atoms with Gasteiger partial charge in [0.15, 0.2) is 0 Å². The molecular weight excluding hydrogens is 224 g/mol. The molecule has 2 aromatic rings. The second kappa shape index (κ2) is 5.19. The van der Waals surface area contributed by atoms with Gasteiger partial charge in [0.1, 0.15) is 5.82 Å². The van der Waals surface area contributed by atoms with Crippen molar-refractivity contribution in [3.8, 4) is 0 Å². The van der Waals surface area contributed by atoms with E-state index in [0.717, 1.165) is 17.3 Å². The molecule has 0 aliphatic rings. The lowest BCUT2D eigenvalue weighted by atomic mass is 10.4. The Labute approximate surface area is 97.8 Å². The van der Waals surface area contributed by atoms with Crippen LogP contribution in [-0.4, -0.2) is 12.0 Å². The average molecular weight is 236 g/mol. The third-order valence-corrected chi connectivity index (χ3v) is 4.08. The molecule has 0 amide bonds. The molecule has 15 heavy (non-hydrogen) atoms. The molecule has 2 heterocycles. The maximum Gasteiger partial charge on any atom is 0.125 e. The molecular formula is C11H12N2S2. The van der Waals surface area contributed by atoms with Gasteiger partial charge in [0.05, 0.1) is 9.90 Å². The Bertz CT molecular complexity index is 412. The Morgan fingerprint density at radius 3 is 3.00 bits per heavy atom. The summed E-state index contributed by atoms with van der Waals surface area (Å²) in [6.45, 7) is 0. The van der Waals surface area contributed by atoms with Crippen LogP contribution in [0.4, 0.5) is 5.82 Å². The molecule has 2 aromatic heterocycles. The van der Waals surface area contributed by atoms with Gasteiger partial charge in [-0.05, 0) is 23.6 Å². The predicted octanol–water partition coefficient (Wildman–Crippen LogP) is 3.48. The van der Waals surface area contributed by atoms with E-state index in [4.69, 9.17) is 0 Å². The highest BCUT2D eigenvalue weighted by atomic mass is 32.2. The van der Waals surface area contributed by atoms with Crippen molar-refractivity contribution in [1.82, 2.24) is 4.98 Å². The number of aromatic nitrogens is 1. The van der Waals surface area contributed by atoms with Gasteiger partial charge in [0.2, 0.25) is 0 Å². The number of hydrogen-bond acceptors (Lipinski definition) is 4.